The van der Waals surface area contributed by atoms with Gasteiger partial charge in [0.15, 0.2) is 6.61 Å². The van der Waals surface area contributed by atoms with Crippen LogP contribution >= 0.6 is 23.2 Å². The van der Waals surface area contributed by atoms with Crippen LogP contribution in [-0.2, 0) is 14.3 Å². The Kier molecular flexibility index (Phi) is 7.70. The standard InChI is InChI=1S/C20H19Cl2NO4/c1-13(15-7-8-17(21)18(22)11-15)23-19(24)12-27-20(25)9-6-14-4-3-5-16(10-14)26-2/h3-11,13H,12H2,1-2H3,(H,23,24)/b9-6+. The van der Waals surface area contributed by atoms with E-state index in [-0.39, 0.29) is 12.6 Å². The number of rotatable bonds is 7. The number of methoxy groups -OCH3 is 1. The van der Waals surface area contributed by atoms with Crippen LogP contribution in [0.2, 0.25) is 10.0 Å². The van der Waals surface area contributed by atoms with E-state index in [4.69, 9.17) is 32.7 Å². The number of amides is 1. The Balaban J connectivity index is 1.82. The van der Waals surface area contributed by atoms with Gasteiger partial charge in [0, 0.05) is 6.08 Å². The molecule has 1 unspecified atom stereocenters. The molecule has 0 saturated carbocycles. The van der Waals surface area contributed by atoms with Crippen molar-refractivity contribution in [1.29, 1.82) is 0 Å². The number of hydrogen-bond acceptors (Lipinski definition) is 4. The van der Waals surface area contributed by atoms with Gasteiger partial charge in [-0.2, -0.15) is 0 Å². The van der Waals surface area contributed by atoms with Gasteiger partial charge in [-0.05, 0) is 48.4 Å². The van der Waals surface area contributed by atoms with E-state index in [1.54, 1.807) is 50.4 Å². The molecular weight excluding hydrogens is 389 g/mol. The van der Waals surface area contributed by atoms with Gasteiger partial charge in [0.05, 0.1) is 23.2 Å². The largest absolute Gasteiger partial charge is 0.497 e. The van der Waals surface area contributed by atoms with E-state index in [9.17, 15) is 9.59 Å². The second-order valence-electron chi connectivity index (χ2n) is 5.68. The van der Waals surface area contributed by atoms with Gasteiger partial charge in [-0.1, -0.05) is 41.4 Å². The lowest BCUT2D eigenvalue weighted by Crippen LogP contribution is -2.30. The van der Waals surface area contributed by atoms with Gasteiger partial charge in [-0.25, -0.2) is 4.79 Å². The van der Waals surface area contributed by atoms with E-state index in [1.807, 2.05) is 12.1 Å². The highest BCUT2D eigenvalue weighted by atomic mass is 35.5. The fourth-order valence-corrected chi connectivity index (χ4v) is 2.55. The molecule has 27 heavy (non-hydrogen) atoms. The number of carbonyl (C=O) groups excluding carboxylic acids is 2. The Bertz CT molecular complexity index is 852. The summed E-state index contributed by atoms with van der Waals surface area (Å²) in [7, 11) is 1.56. The van der Waals surface area contributed by atoms with Crippen molar-refractivity contribution >= 4 is 41.2 Å². The van der Waals surface area contributed by atoms with Crippen molar-refractivity contribution in [3.05, 3.63) is 69.7 Å². The summed E-state index contributed by atoms with van der Waals surface area (Å²) in [5.41, 5.74) is 1.57. The summed E-state index contributed by atoms with van der Waals surface area (Å²) in [6.07, 6.45) is 2.84. The van der Waals surface area contributed by atoms with Crippen LogP contribution in [0.3, 0.4) is 0 Å². The molecule has 2 rings (SSSR count). The molecule has 0 aliphatic carbocycles. The second-order valence-corrected chi connectivity index (χ2v) is 6.49. The van der Waals surface area contributed by atoms with Crippen LogP contribution in [0.15, 0.2) is 48.5 Å². The maximum absolute atomic E-state index is 12.0. The molecule has 0 aromatic heterocycles. The molecule has 0 saturated heterocycles. The van der Waals surface area contributed by atoms with Crippen LogP contribution in [0.1, 0.15) is 24.1 Å². The summed E-state index contributed by atoms with van der Waals surface area (Å²) in [5, 5.41) is 3.58. The van der Waals surface area contributed by atoms with Gasteiger partial charge in [0.1, 0.15) is 5.75 Å². The zero-order valence-electron chi connectivity index (χ0n) is 14.9. The Labute approximate surface area is 167 Å². The molecule has 142 valence electrons. The van der Waals surface area contributed by atoms with E-state index in [0.717, 1.165) is 11.1 Å². The molecule has 0 radical (unpaired) electrons. The van der Waals surface area contributed by atoms with Crippen molar-refractivity contribution in [3.8, 4) is 5.75 Å². The third-order valence-corrected chi connectivity index (χ3v) is 4.41. The molecule has 2 aromatic carbocycles. The molecule has 1 N–H and O–H groups in total. The second kappa shape index (κ2) is 10.00. The third-order valence-electron chi connectivity index (χ3n) is 3.67. The zero-order valence-corrected chi connectivity index (χ0v) is 16.4. The van der Waals surface area contributed by atoms with Crippen molar-refractivity contribution < 1.29 is 19.1 Å². The van der Waals surface area contributed by atoms with Gasteiger partial charge >= 0.3 is 5.97 Å². The number of halogens is 2. The Morgan fingerprint density at radius 2 is 1.93 bits per heavy atom. The van der Waals surface area contributed by atoms with E-state index >= 15 is 0 Å². The molecule has 0 aliphatic heterocycles. The molecular formula is C20H19Cl2NO4. The van der Waals surface area contributed by atoms with Gasteiger partial charge in [0.25, 0.3) is 5.91 Å². The fraction of sp³-hybridized carbons (Fsp3) is 0.200. The van der Waals surface area contributed by atoms with Crippen LogP contribution in [0, 0.1) is 0 Å². The lowest BCUT2D eigenvalue weighted by atomic mass is 10.1. The molecule has 5 nitrogen and oxygen atoms in total. The molecule has 0 bridgehead atoms. The third kappa shape index (κ3) is 6.62. The SMILES string of the molecule is COc1cccc(/C=C/C(=O)OCC(=O)NC(C)c2ccc(Cl)c(Cl)c2)c1. The van der Waals surface area contributed by atoms with Crippen molar-refractivity contribution in [3.63, 3.8) is 0 Å². The first-order valence-electron chi connectivity index (χ1n) is 8.12. The predicted octanol–water partition coefficient (Wildman–Crippen LogP) is 4.44. The van der Waals surface area contributed by atoms with Crippen LogP contribution in [0.25, 0.3) is 6.08 Å². The van der Waals surface area contributed by atoms with Gasteiger partial charge in [0.2, 0.25) is 0 Å². The molecule has 0 aliphatic rings. The number of ether oxygens (including phenoxy) is 2. The monoisotopic (exact) mass is 407 g/mol. The number of carbonyl (C=O) groups is 2. The van der Waals surface area contributed by atoms with Crippen molar-refractivity contribution in [1.82, 2.24) is 5.32 Å². The van der Waals surface area contributed by atoms with E-state index in [2.05, 4.69) is 5.32 Å². The Morgan fingerprint density at radius 3 is 2.63 bits per heavy atom. The minimum absolute atomic E-state index is 0.307. The summed E-state index contributed by atoms with van der Waals surface area (Å²) in [6.45, 7) is 1.41. The average Bonchev–Trinajstić information content (AvgIpc) is 2.67. The van der Waals surface area contributed by atoms with Crippen molar-refractivity contribution in [2.45, 2.75) is 13.0 Å². The van der Waals surface area contributed by atoms with Crippen LogP contribution < -0.4 is 10.1 Å². The maximum atomic E-state index is 12.0. The number of benzene rings is 2. The molecule has 0 spiro atoms. The first-order valence-corrected chi connectivity index (χ1v) is 8.88. The van der Waals surface area contributed by atoms with E-state index < -0.39 is 11.9 Å². The Morgan fingerprint density at radius 1 is 1.15 bits per heavy atom. The average molecular weight is 408 g/mol. The normalized spacial score (nSPS) is 11.9. The first kappa shape index (κ1) is 20.8. The molecule has 2 aromatic rings. The highest BCUT2D eigenvalue weighted by Gasteiger charge is 2.12. The zero-order chi connectivity index (χ0) is 19.8. The van der Waals surface area contributed by atoms with E-state index in [0.29, 0.717) is 15.8 Å². The smallest absolute Gasteiger partial charge is 0.331 e. The lowest BCUT2D eigenvalue weighted by molar-refractivity contribution is -0.144. The van der Waals surface area contributed by atoms with Gasteiger partial charge in [-0.15, -0.1) is 0 Å². The summed E-state index contributed by atoms with van der Waals surface area (Å²) in [5.74, 6) is -0.354. The maximum Gasteiger partial charge on any atom is 0.331 e. The summed E-state index contributed by atoms with van der Waals surface area (Å²) in [6, 6.07) is 12.0. The lowest BCUT2D eigenvalue weighted by Gasteiger charge is -2.14. The molecule has 7 heteroatoms. The fourth-order valence-electron chi connectivity index (χ4n) is 2.24. The molecule has 1 atom stereocenters. The van der Waals surface area contributed by atoms with Gasteiger partial charge < -0.3 is 14.8 Å². The Hall–Kier alpha value is -2.50. The quantitative estimate of drug-likeness (QED) is 0.544. The minimum atomic E-state index is -0.616. The van der Waals surface area contributed by atoms with Crippen LogP contribution in [0.5, 0.6) is 5.75 Å². The summed E-state index contributed by atoms with van der Waals surface area (Å²) < 4.78 is 10.1. The highest BCUT2D eigenvalue weighted by Crippen LogP contribution is 2.25. The van der Waals surface area contributed by atoms with Crippen molar-refractivity contribution in [2.75, 3.05) is 13.7 Å². The molecule has 0 fully saturated rings. The number of hydrogen-bond donors (Lipinski definition) is 1. The van der Waals surface area contributed by atoms with Crippen LogP contribution in [0.4, 0.5) is 0 Å². The van der Waals surface area contributed by atoms with E-state index in [1.165, 1.54) is 6.08 Å². The summed E-state index contributed by atoms with van der Waals surface area (Å²) >= 11 is 11.8. The van der Waals surface area contributed by atoms with Crippen LogP contribution in [-0.4, -0.2) is 25.6 Å². The number of esters is 1. The molecule has 0 heterocycles. The predicted molar refractivity (Wildman–Crippen MR) is 106 cm³/mol. The topological polar surface area (TPSA) is 64.6 Å². The van der Waals surface area contributed by atoms with Crippen molar-refractivity contribution in [2.24, 2.45) is 0 Å². The van der Waals surface area contributed by atoms with Gasteiger partial charge in [-0.3, -0.25) is 4.79 Å². The number of nitrogens with one attached hydrogen (secondary N) is 1. The minimum Gasteiger partial charge on any atom is -0.497 e. The summed E-state index contributed by atoms with van der Waals surface area (Å²) in [4.78, 5) is 23.7. The highest BCUT2D eigenvalue weighted by molar-refractivity contribution is 6.42. The first-order chi connectivity index (χ1) is 12.9. The molecule has 1 amide bonds.